The molecule has 0 saturated heterocycles. The molecule has 1 aromatic heterocycles. The van der Waals surface area contributed by atoms with Crippen molar-refractivity contribution in [2.45, 2.75) is 19.5 Å². The summed E-state index contributed by atoms with van der Waals surface area (Å²) in [6.45, 7) is 1.08. The smallest absolute Gasteiger partial charge is 0.247 e. The quantitative estimate of drug-likeness (QED) is 0.682. The minimum absolute atomic E-state index is 0.373. The lowest BCUT2D eigenvalue weighted by Crippen LogP contribution is -2.11. The second-order valence-electron chi connectivity index (χ2n) is 2.79. The number of rotatable bonds is 1. The molecule has 0 aliphatic rings. The van der Waals surface area contributed by atoms with Gasteiger partial charge in [-0.3, -0.25) is 0 Å². The summed E-state index contributed by atoms with van der Waals surface area (Å²) in [4.78, 5) is 3.03. The topological polar surface area (TPSA) is 12.9 Å². The summed E-state index contributed by atoms with van der Waals surface area (Å²) in [6.07, 6.45) is -7.63. The molecule has 0 aliphatic carbocycles. The summed E-state index contributed by atoms with van der Waals surface area (Å²) in [5.41, 5.74) is -2.30. The summed E-state index contributed by atoms with van der Waals surface area (Å²) in [5.74, 6) is 0. The highest BCUT2D eigenvalue weighted by molar-refractivity contribution is 6.31. The van der Waals surface area contributed by atoms with Crippen LogP contribution in [0.25, 0.3) is 0 Å². The molecule has 1 heterocycles. The van der Waals surface area contributed by atoms with Crippen LogP contribution < -0.4 is 0 Å². The number of hydrogen-bond acceptors (Lipinski definition) is 1. The first-order chi connectivity index (χ1) is 6.73. The molecule has 84 valence electrons. The second kappa shape index (κ2) is 3.92. The molecule has 1 nitrogen and oxygen atoms in total. The molecule has 15 heavy (non-hydrogen) atoms. The van der Waals surface area contributed by atoms with Crippen molar-refractivity contribution in [1.29, 1.82) is 0 Å². The number of aromatic nitrogens is 1. The molecule has 0 spiro atoms. The highest BCUT2D eigenvalue weighted by atomic mass is 35.5. The van der Waals surface area contributed by atoms with Crippen LogP contribution >= 0.6 is 11.6 Å². The van der Waals surface area contributed by atoms with Gasteiger partial charge in [-0.15, -0.1) is 0 Å². The molecule has 0 N–H and O–H groups in total. The highest BCUT2D eigenvalue weighted by Crippen LogP contribution is 2.35. The molecule has 0 bridgehead atoms. The molecule has 1 rings (SSSR count). The predicted molar refractivity (Wildman–Crippen MR) is 43.9 cm³/mol. The second-order valence-corrected chi connectivity index (χ2v) is 3.20. The Morgan fingerprint density at radius 3 is 2.27 bits per heavy atom. The molecule has 7 heteroatoms. The molecular formula is C8H5ClF5N. The fourth-order valence-electron chi connectivity index (χ4n) is 1.01. The number of hydrogen-bond donors (Lipinski definition) is 0. The average Bonchev–Trinajstić information content (AvgIpc) is 2.06. The Bertz CT molecular complexity index is 374. The van der Waals surface area contributed by atoms with Crippen LogP contribution in [0.3, 0.4) is 0 Å². The fraction of sp³-hybridized carbons (Fsp3) is 0.375. The minimum Gasteiger partial charge on any atom is -0.247 e. The van der Waals surface area contributed by atoms with Gasteiger partial charge in [0.25, 0.3) is 6.43 Å². The first kappa shape index (κ1) is 12.2. The largest absolute Gasteiger partial charge is 0.434 e. The summed E-state index contributed by atoms with van der Waals surface area (Å²) in [6, 6.07) is 0.595. The van der Waals surface area contributed by atoms with E-state index in [0.717, 1.165) is 6.92 Å². The van der Waals surface area contributed by atoms with Crippen molar-refractivity contribution in [2.24, 2.45) is 0 Å². The van der Waals surface area contributed by atoms with Crippen LogP contribution in [0.2, 0.25) is 5.02 Å². The van der Waals surface area contributed by atoms with Crippen molar-refractivity contribution >= 4 is 11.6 Å². The number of nitrogens with zero attached hydrogens (tertiary/aromatic N) is 1. The Kier molecular flexibility index (Phi) is 3.18. The van der Waals surface area contributed by atoms with E-state index in [4.69, 9.17) is 11.6 Å². The first-order valence-corrected chi connectivity index (χ1v) is 4.13. The maximum Gasteiger partial charge on any atom is 0.434 e. The third kappa shape index (κ3) is 2.56. The molecule has 0 unspecified atom stereocenters. The van der Waals surface area contributed by atoms with Gasteiger partial charge in [-0.2, -0.15) is 13.2 Å². The van der Waals surface area contributed by atoms with Crippen LogP contribution in [0.5, 0.6) is 0 Å². The zero-order valence-electron chi connectivity index (χ0n) is 7.37. The fourth-order valence-corrected chi connectivity index (χ4v) is 1.28. The van der Waals surface area contributed by atoms with Gasteiger partial charge in [0.2, 0.25) is 0 Å². The summed E-state index contributed by atoms with van der Waals surface area (Å²) in [5, 5.41) is -0.816. The van der Waals surface area contributed by atoms with Crippen molar-refractivity contribution in [3.63, 3.8) is 0 Å². The number of pyridine rings is 1. The molecule has 0 aliphatic heterocycles. The highest BCUT2D eigenvalue weighted by Gasteiger charge is 2.36. The minimum atomic E-state index is -4.73. The molecule has 0 aromatic carbocycles. The first-order valence-electron chi connectivity index (χ1n) is 3.76. The predicted octanol–water partition coefficient (Wildman–Crippen LogP) is 4.00. The summed E-state index contributed by atoms with van der Waals surface area (Å²) in [7, 11) is 0. The van der Waals surface area contributed by atoms with Crippen LogP contribution in [0.15, 0.2) is 6.07 Å². The van der Waals surface area contributed by atoms with Crippen LogP contribution in [0.4, 0.5) is 22.0 Å². The van der Waals surface area contributed by atoms with E-state index in [-0.39, 0.29) is 5.69 Å². The van der Waals surface area contributed by atoms with Crippen molar-refractivity contribution in [3.8, 4) is 0 Å². The maximum atomic E-state index is 12.3. The van der Waals surface area contributed by atoms with Gasteiger partial charge in [-0.05, 0) is 13.0 Å². The van der Waals surface area contributed by atoms with Gasteiger partial charge in [0.15, 0.2) is 5.69 Å². The Balaban J connectivity index is 3.32. The zero-order valence-corrected chi connectivity index (χ0v) is 8.13. The van der Waals surface area contributed by atoms with Crippen molar-refractivity contribution in [2.75, 3.05) is 0 Å². The molecule has 0 atom stereocenters. The summed E-state index contributed by atoms with van der Waals surface area (Å²) >= 11 is 5.21. The van der Waals surface area contributed by atoms with E-state index in [2.05, 4.69) is 4.98 Å². The van der Waals surface area contributed by atoms with Crippen molar-refractivity contribution in [3.05, 3.63) is 28.0 Å². The molecule has 0 saturated carbocycles. The van der Waals surface area contributed by atoms with Gasteiger partial charge in [-0.25, -0.2) is 13.8 Å². The lowest BCUT2D eigenvalue weighted by molar-refractivity contribution is -0.141. The van der Waals surface area contributed by atoms with Crippen molar-refractivity contribution in [1.82, 2.24) is 4.98 Å². The van der Waals surface area contributed by atoms with E-state index in [9.17, 15) is 22.0 Å². The van der Waals surface area contributed by atoms with Gasteiger partial charge in [-0.1, -0.05) is 11.6 Å². The molecule has 1 aromatic rings. The van der Waals surface area contributed by atoms with Gasteiger partial charge < -0.3 is 0 Å². The van der Waals surface area contributed by atoms with Crippen LogP contribution in [-0.2, 0) is 6.18 Å². The lowest BCUT2D eigenvalue weighted by Gasteiger charge is -2.11. The Morgan fingerprint density at radius 2 is 1.87 bits per heavy atom. The monoisotopic (exact) mass is 245 g/mol. The van der Waals surface area contributed by atoms with Crippen LogP contribution in [0, 0.1) is 6.92 Å². The summed E-state index contributed by atoms with van der Waals surface area (Å²) < 4.78 is 61.2. The normalized spacial score (nSPS) is 12.3. The number of alkyl halides is 5. The van der Waals surface area contributed by atoms with E-state index in [1.807, 2.05) is 0 Å². The Hall–Kier alpha value is -0.910. The van der Waals surface area contributed by atoms with E-state index in [1.165, 1.54) is 0 Å². The Labute approximate surface area is 86.9 Å². The van der Waals surface area contributed by atoms with E-state index in [0.29, 0.717) is 6.07 Å². The third-order valence-corrected chi connectivity index (χ3v) is 2.00. The number of aryl methyl sites for hydroxylation is 1. The zero-order chi connectivity index (χ0) is 11.8. The van der Waals surface area contributed by atoms with Gasteiger partial charge in [0.05, 0.1) is 5.02 Å². The van der Waals surface area contributed by atoms with Crippen molar-refractivity contribution < 1.29 is 22.0 Å². The molecule has 0 fully saturated rings. The van der Waals surface area contributed by atoms with Gasteiger partial charge >= 0.3 is 6.18 Å². The lowest BCUT2D eigenvalue weighted by atomic mass is 10.2. The molecule has 0 radical (unpaired) electrons. The van der Waals surface area contributed by atoms with Crippen LogP contribution in [-0.4, -0.2) is 4.98 Å². The number of halogens is 6. The SMILES string of the molecule is Cc1nc(C(F)(F)F)c(Cl)cc1C(F)F. The third-order valence-electron chi connectivity index (χ3n) is 1.71. The van der Waals surface area contributed by atoms with Gasteiger partial charge in [0.1, 0.15) is 0 Å². The maximum absolute atomic E-state index is 12.3. The average molecular weight is 246 g/mol. The molecular weight excluding hydrogens is 241 g/mol. The van der Waals surface area contributed by atoms with Gasteiger partial charge in [0, 0.05) is 11.3 Å². The Morgan fingerprint density at radius 1 is 1.33 bits per heavy atom. The van der Waals surface area contributed by atoms with E-state index >= 15 is 0 Å². The van der Waals surface area contributed by atoms with E-state index < -0.39 is 28.9 Å². The van der Waals surface area contributed by atoms with Crippen LogP contribution in [0.1, 0.15) is 23.4 Å². The molecule has 0 amide bonds. The van der Waals surface area contributed by atoms with E-state index in [1.54, 1.807) is 0 Å². The standard InChI is InChI=1S/C8H5ClF5N/c1-3-4(7(10)11)2-5(9)6(15-3)8(12,13)14/h2,7H,1H3.